The molecule has 1 N–H and O–H groups in total. The van der Waals surface area contributed by atoms with E-state index in [0.717, 1.165) is 0 Å². The molecular weight excluding hydrogens is 435 g/mol. The van der Waals surface area contributed by atoms with Gasteiger partial charge in [0.05, 0.1) is 22.0 Å². The highest BCUT2D eigenvalue weighted by Gasteiger charge is 2.20. The van der Waals surface area contributed by atoms with Gasteiger partial charge in [0, 0.05) is 9.90 Å². The Bertz CT molecular complexity index is 979. The van der Waals surface area contributed by atoms with Crippen molar-refractivity contribution < 1.29 is 18.7 Å². The molecule has 0 aliphatic carbocycles. The van der Waals surface area contributed by atoms with Crippen LogP contribution in [0.5, 0.6) is 0 Å². The van der Waals surface area contributed by atoms with Crippen LogP contribution in [0.3, 0.4) is 0 Å². The number of carbonyl (C=O) groups excluding carboxylic acids is 2. The van der Waals surface area contributed by atoms with Crippen molar-refractivity contribution in [3.8, 4) is 10.8 Å². The first-order valence-corrected chi connectivity index (χ1v) is 9.43. The summed E-state index contributed by atoms with van der Waals surface area (Å²) in [5, 5.41) is 3.71. The molecule has 0 radical (unpaired) electrons. The number of aromatic nitrogens is 1. The number of esters is 1. The summed E-state index contributed by atoms with van der Waals surface area (Å²) >= 11 is 19.1. The summed E-state index contributed by atoms with van der Waals surface area (Å²) in [6.45, 7) is 1.20. The summed E-state index contributed by atoms with van der Waals surface area (Å²) in [6, 6.07) is 6.33. The van der Waals surface area contributed by atoms with Gasteiger partial charge in [0.25, 0.3) is 5.91 Å². The number of halogens is 3. The molecule has 140 valence electrons. The van der Waals surface area contributed by atoms with Crippen molar-refractivity contribution >= 4 is 63.7 Å². The molecule has 0 saturated heterocycles. The lowest BCUT2D eigenvalue weighted by Crippen LogP contribution is -2.21. The van der Waals surface area contributed by atoms with Gasteiger partial charge in [-0.25, -0.2) is 9.78 Å². The molecule has 6 nitrogen and oxygen atoms in total. The zero-order valence-electron chi connectivity index (χ0n) is 13.7. The van der Waals surface area contributed by atoms with Crippen LogP contribution in [-0.4, -0.2) is 23.5 Å². The lowest BCUT2D eigenvalue weighted by molar-refractivity contribution is -0.119. The Balaban J connectivity index is 1.63. The van der Waals surface area contributed by atoms with Crippen molar-refractivity contribution in [1.29, 1.82) is 0 Å². The van der Waals surface area contributed by atoms with Gasteiger partial charge in [-0.15, -0.1) is 11.3 Å². The van der Waals surface area contributed by atoms with Crippen LogP contribution in [0.15, 0.2) is 34.9 Å². The van der Waals surface area contributed by atoms with Crippen LogP contribution in [0.25, 0.3) is 10.8 Å². The van der Waals surface area contributed by atoms with Gasteiger partial charge in [-0.2, -0.15) is 0 Å². The van der Waals surface area contributed by atoms with E-state index in [-0.39, 0.29) is 21.4 Å². The highest BCUT2D eigenvalue weighted by Crippen LogP contribution is 2.33. The summed E-state index contributed by atoms with van der Waals surface area (Å²) in [4.78, 5) is 29.1. The number of nitrogens with one attached hydrogen (secondary N) is 1. The fraction of sp³-hybridized carbons (Fsp3) is 0.118. The van der Waals surface area contributed by atoms with Crippen LogP contribution in [0.2, 0.25) is 15.1 Å². The van der Waals surface area contributed by atoms with E-state index in [0.29, 0.717) is 20.7 Å². The van der Waals surface area contributed by atoms with Gasteiger partial charge < -0.3 is 14.5 Å². The number of hydrogen-bond donors (Lipinski definition) is 1. The number of aryl methyl sites for hydroxylation is 1. The molecule has 27 heavy (non-hydrogen) atoms. The Morgan fingerprint density at radius 1 is 1.26 bits per heavy atom. The van der Waals surface area contributed by atoms with Crippen molar-refractivity contribution in [3.05, 3.63) is 56.2 Å². The maximum Gasteiger partial charge on any atom is 0.358 e. The highest BCUT2D eigenvalue weighted by atomic mass is 35.5. The number of carbonyl (C=O) groups is 2. The van der Waals surface area contributed by atoms with Crippen molar-refractivity contribution in [3.63, 3.8) is 0 Å². The molecule has 1 aromatic carbocycles. The number of furan rings is 1. The third-order valence-corrected chi connectivity index (χ3v) is 5.13. The van der Waals surface area contributed by atoms with Gasteiger partial charge in [-0.1, -0.05) is 34.8 Å². The van der Waals surface area contributed by atoms with Crippen molar-refractivity contribution in [1.82, 2.24) is 4.98 Å². The first-order chi connectivity index (χ1) is 12.8. The van der Waals surface area contributed by atoms with Crippen LogP contribution in [0.1, 0.15) is 15.4 Å². The van der Waals surface area contributed by atoms with E-state index in [2.05, 4.69) is 10.3 Å². The van der Waals surface area contributed by atoms with E-state index in [4.69, 9.17) is 44.0 Å². The lowest BCUT2D eigenvalue weighted by Gasteiger charge is -2.10. The molecule has 10 heteroatoms. The predicted molar refractivity (Wildman–Crippen MR) is 105 cm³/mol. The lowest BCUT2D eigenvalue weighted by atomic mass is 10.3. The first-order valence-electron chi connectivity index (χ1n) is 7.48. The standard InChI is InChI=1S/C17H11Cl3N2O4S/c1-8-14(22-16(27-8)12-3-2-4-25-12)17(24)26-7-13(23)21-15-10(19)5-9(18)6-11(15)20/h2-6H,7H2,1H3,(H,21,23). The molecule has 2 heterocycles. The Morgan fingerprint density at radius 3 is 2.59 bits per heavy atom. The quantitative estimate of drug-likeness (QED) is 0.527. The van der Waals surface area contributed by atoms with E-state index in [9.17, 15) is 9.59 Å². The van der Waals surface area contributed by atoms with Gasteiger partial charge >= 0.3 is 5.97 Å². The van der Waals surface area contributed by atoms with Gasteiger partial charge in [0.1, 0.15) is 0 Å². The molecule has 0 aliphatic rings. The van der Waals surface area contributed by atoms with Crippen LogP contribution in [-0.2, 0) is 9.53 Å². The molecule has 1 amide bonds. The number of hydrogen-bond acceptors (Lipinski definition) is 6. The predicted octanol–water partition coefficient (Wildman–Crippen LogP) is 5.47. The highest BCUT2D eigenvalue weighted by molar-refractivity contribution is 7.15. The Kier molecular flexibility index (Phi) is 6.06. The zero-order chi connectivity index (χ0) is 19.6. The van der Waals surface area contributed by atoms with E-state index >= 15 is 0 Å². The van der Waals surface area contributed by atoms with Crippen LogP contribution >= 0.6 is 46.1 Å². The Morgan fingerprint density at radius 2 is 1.96 bits per heavy atom. The average molecular weight is 446 g/mol. The van der Waals surface area contributed by atoms with Crippen LogP contribution in [0.4, 0.5) is 5.69 Å². The smallest absolute Gasteiger partial charge is 0.358 e. The van der Waals surface area contributed by atoms with Gasteiger partial charge in [-0.05, 0) is 31.2 Å². The third-order valence-electron chi connectivity index (χ3n) is 3.33. The van der Waals surface area contributed by atoms with Crippen molar-refractivity contribution in [2.45, 2.75) is 6.92 Å². The van der Waals surface area contributed by atoms with E-state index in [1.165, 1.54) is 29.7 Å². The minimum absolute atomic E-state index is 0.127. The molecule has 0 bridgehead atoms. The largest absolute Gasteiger partial charge is 0.462 e. The Hall–Kier alpha value is -2.06. The average Bonchev–Trinajstić information content (AvgIpc) is 3.25. The Labute approximate surface area is 173 Å². The molecule has 0 unspecified atom stereocenters. The van der Waals surface area contributed by atoms with Crippen molar-refractivity contribution in [2.24, 2.45) is 0 Å². The molecule has 0 saturated carbocycles. The first kappa shape index (κ1) is 19.7. The molecule has 3 rings (SSSR count). The van der Waals surface area contributed by atoms with Crippen LogP contribution in [0, 0.1) is 6.92 Å². The van der Waals surface area contributed by atoms with Gasteiger partial charge in [0.2, 0.25) is 0 Å². The molecule has 0 fully saturated rings. The van der Waals surface area contributed by atoms with E-state index in [1.54, 1.807) is 19.1 Å². The second-order valence-corrected chi connectivity index (χ2v) is 7.72. The molecule has 0 aliphatic heterocycles. The van der Waals surface area contributed by atoms with E-state index in [1.807, 2.05) is 0 Å². The number of ether oxygens (including phenoxy) is 1. The van der Waals surface area contributed by atoms with E-state index < -0.39 is 18.5 Å². The molecule has 2 aromatic heterocycles. The fourth-order valence-corrected chi connectivity index (χ4v) is 3.91. The molecule has 0 spiro atoms. The second kappa shape index (κ2) is 8.31. The summed E-state index contributed by atoms with van der Waals surface area (Å²) < 4.78 is 10.3. The summed E-state index contributed by atoms with van der Waals surface area (Å²) in [5.74, 6) is -0.773. The second-order valence-electron chi connectivity index (χ2n) is 5.27. The molecule has 0 atom stereocenters. The monoisotopic (exact) mass is 444 g/mol. The summed E-state index contributed by atoms with van der Waals surface area (Å²) in [6.07, 6.45) is 1.52. The zero-order valence-corrected chi connectivity index (χ0v) is 16.8. The maximum absolute atomic E-state index is 12.2. The van der Waals surface area contributed by atoms with Crippen molar-refractivity contribution in [2.75, 3.05) is 11.9 Å². The number of anilines is 1. The number of benzene rings is 1. The fourth-order valence-electron chi connectivity index (χ4n) is 2.13. The van der Waals surface area contributed by atoms with Gasteiger partial charge in [0.15, 0.2) is 23.1 Å². The third kappa shape index (κ3) is 4.62. The molecule has 3 aromatic rings. The minimum atomic E-state index is -0.718. The number of thiazole rings is 1. The maximum atomic E-state index is 12.2. The summed E-state index contributed by atoms with van der Waals surface area (Å²) in [7, 11) is 0. The number of amides is 1. The van der Waals surface area contributed by atoms with Gasteiger partial charge in [-0.3, -0.25) is 4.79 Å². The van der Waals surface area contributed by atoms with Crippen LogP contribution < -0.4 is 5.32 Å². The normalized spacial score (nSPS) is 10.7. The molecular formula is C17H11Cl3N2O4S. The summed E-state index contributed by atoms with van der Waals surface area (Å²) in [5.41, 5.74) is 0.315. The number of rotatable bonds is 5. The SMILES string of the molecule is Cc1sc(-c2ccco2)nc1C(=O)OCC(=O)Nc1c(Cl)cc(Cl)cc1Cl. The minimum Gasteiger partial charge on any atom is -0.462 e. The topological polar surface area (TPSA) is 81.4 Å². The number of nitrogens with zero attached hydrogens (tertiary/aromatic N) is 1.